The molecule has 0 amide bonds. The van der Waals surface area contributed by atoms with Crippen LogP contribution in [-0.2, 0) is 0 Å². The van der Waals surface area contributed by atoms with E-state index in [1.807, 2.05) is 0 Å². The van der Waals surface area contributed by atoms with Gasteiger partial charge in [0.15, 0.2) is 0 Å². The first-order chi connectivity index (χ1) is 1.41. The van der Waals surface area contributed by atoms with Gasteiger partial charge >= 0.3 is 23.1 Å². The van der Waals surface area contributed by atoms with E-state index in [0.29, 0.717) is 6.26 Å². The van der Waals surface area contributed by atoms with E-state index in [2.05, 4.69) is 6.58 Å². The predicted octanol–water partition coefficient (Wildman–Crippen LogP) is -3.89. The molecule has 0 aliphatic carbocycles. The van der Waals surface area contributed by atoms with Gasteiger partial charge in [-0.25, -0.2) is 0 Å². The van der Waals surface area contributed by atoms with Gasteiger partial charge in [-0.3, -0.25) is 0 Å². The molecule has 0 rings (SSSR count). The predicted molar refractivity (Wildman–Crippen MR) is 16.0 cm³/mol. The normalized spacial score (nSPS) is 2.40. The van der Waals surface area contributed by atoms with Crippen LogP contribution in [0.25, 0.3) is 0 Å². The van der Waals surface area contributed by atoms with Crippen molar-refractivity contribution in [2.75, 3.05) is 0 Å². The zero-order valence-electron chi connectivity index (χ0n) is 2.78. The molecule has 0 heterocycles. The van der Waals surface area contributed by atoms with Crippen LogP contribution in [0.4, 0.5) is 0 Å². The van der Waals surface area contributed by atoms with Crippen LogP contribution in [0.2, 0.25) is 0 Å². The second kappa shape index (κ2) is 23.3. The van der Waals surface area contributed by atoms with Crippen molar-refractivity contribution in [3.8, 4) is 0 Å². The zero-order chi connectivity index (χ0) is 2.71. The van der Waals surface area contributed by atoms with Crippen molar-refractivity contribution in [1.82, 2.24) is 0 Å². The van der Waals surface area contributed by atoms with E-state index in [1.165, 1.54) is 0 Å². The van der Waals surface area contributed by atoms with Crippen molar-refractivity contribution in [3.05, 3.63) is 12.8 Å². The van der Waals surface area contributed by atoms with Crippen LogP contribution >= 0.6 is 0 Å². The molecule has 0 bridgehead atoms. The molecule has 0 fully saturated rings. The van der Waals surface area contributed by atoms with Crippen molar-refractivity contribution in [2.45, 2.75) is 0 Å². The van der Waals surface area contributed by atoms with E-state index in [0.717, 1.165) is 0 Å². The van der Waals surface area contributed by atoms with Crippen molar-refractivity contribution < 1.29 is 17.5 Å². The molecule has 3 heteroatoms. The summed E-state index contributed by atoms with van der Waals surface area (Å²) in [6.07, 6.45) is 0.500. The maximum absolute atomic E-state index is 8.69. The first-order valence-corrected chi connectivity index (χ1v) is 0.644. The van der Waals surface area contributed by atoms with Gasteiger partial charge in [-0.1, -0.05) is 0 Å². The number of hydrogen-bond acceptors (Lipinski definition) is 1. The molecule has 0 atom stereocenters. The van der Waals surface area contributed by atoms with Crippen LogP contribution in [0.3, 0.4) is 0 Å². The van der Waals surface area contributed by atoms with Gasteiger partial charge in [-0.2, -0.15) is 6.26 Å². The van der Waals surface area contributed by atoms with Crippen LogP contribution in [-0.4, -0.2) is 23.1 Å². The second-order valence-electron chi connectivity index (χ2n) is 0.167. The largest absolute Gasteiger partial charge is 2.00 e. The Kier molecular flexibility index (Phi) is 81.8. The van der Waals surface area contributed by atoms with Crippen molar-refractivity contribution in [3.63, 3.8) is 0 Å². The average Bonchev–Trinajstić information content (AvgIpc) is 0.918. The van der Waals surface area contributed by atoms with Gasteiger partial charge in [0.05, 0.1) is 0 Å². The van der Waals surface area contributed by atoms with Gasteiger partial charge in [0.2, 0.25) is 0 Å². The minimum Gasteiger partial charge on any atom is -1.00 e. The molecule has 0 saturated heterocycles. The molecular weight excluding hydrogens is 99.8 g/mol. The van der Waals surface area contributed by atoms with Crippen LogP contribution in [0.5, 0.6) is 0 Å². The Hall–Kier alpha value is 0.596. The van der Waals surface area contributed by atoms with E-state index < -0.39 is 0 Å². The standard InChI is InChI=1S/C2H4O.ClH.Mg/c1-2-3;;/h2-3H,1H2;1H;/q;;+2/p-2. The molecule has 0 aromatic rings. The molecular formula is C2H3ClMgO. The van der Waals surface area contributed by atoms with Crippen molar-refractivity contribution >= 4 is 23.1 Å². The fourth-order valence-electron chi connectivity index (χ4n) is 0. The van der Waals surface area contributed by atoms with E-state index in [1.54, 1.807) is 0 Å². The summed E-state index contributed by atoms with van der Waals surface area (Å²) in [6.45, 7) is 2.81. The molecule has 5 heavy (non-hydrogen) atoms. The maximum Gasteiger partial charge on any atom is 2.00 e. The Morgan fingerprint density at radius 1 is 1.60 bits per heavy atom. The average molecular weight is 103 g/mol. The second-order valence-corrected chi connectivity index (χ2v) is 0.167. The summed E-state index contributed by atoms with van der Waals surface area (Å²) < 4.78 is 0. The summed E-state index contributed by atoms with van der Waals surface area (Å²) >= 11 is 0. The smallest absolute Gasteiger partial charge is 1.00 e. The topological polar surface area (TPSA) is 23.1 Å². The Bertz CT molecular complexity index is 17.1. The molecule has 1 nitrogen and oxygen atoms in total. The first-order valence-electron chi connectivity index (χ1n) is 0.644. The van der Waals surface area contributed by atoms with Crippen LogP contribution < -0.4 is 17.5 Å². The third-order valence-electron chi connectivity index (χ3n) is 0. The van der Waals surface area contributed by atoms with E-state index >= 15 is 0 Å². The summed E-state index contributed by atoms with van der Waals surface area (Å²) in [5.74, 6) is 0. The minimum atomic E-state index is 0. The molecule has 0 N–H and O–H groups in total. The third-order valence-corrected chi connectivity index (χ3v) is 0. The molecule has 0 aliphatic heterocycles. The number of rotatable bonds is 0. The Balaban J connectivity index is -0.0000000200. The van der Waals surface area contributed by atoms with Crippen LogP contribution in [0, 0.1) is 0 Å². The summed E-state index contributed by atoms with van der Waals surface area (Å²) in [7, 11) is 0. The SMILES string of the molecule is C=C[O-].[Cl-].[Mg+2]. The molecule has 0 saturated carbocycles. The Morgan fingerprint density at radius 2 is 1.60 bits per heavy atom. The quantitative estimate of drug-likeness (QED) is 0.227. The fourth-order valence-corrected chi connectivity index (χ4v) is 0. The van der Waals surface area contributed by atoms with Gasteiger partial charge in [-0.05, 0) is 0 Å². The molecule has 26 valence electrons. The first kappa shape index (κ1) is 17.5. The number of hydrogen-bond donors (Lipinski definition) is 0. The van der Waals surface area contributed by atoms with Gasteiger partial charge < -0.3 is 17.5 Å². The molecule has 0 spiro atoms. The molecule has 0 aromatic carbocycles. The van der Waals surface area contributed by atoms with Gasteiger partial charge in [0, 0.05) is 0 Å². The number of halogens is 1. The molecule has 0 aromatic heterocycles. The molecule has 0 aliphatic rings. The van der Waals surface area contributed by atoms with Crippen molar-refractivity contribution in [2.24, 2.45) is 0 Å². The maximum atomic E-state index is 8.69. The summed E-state index contributed by atoms with van der Waals surface area (Å²) in [5, 5.41) is 8.69. The van der Waals surface area contributed by atoms with Crippen molar-refractivity contribution in [1.29, 1.82) is 0 Å². The van der Waals surface area contributed by atoms with Gasteiger partial charge in [-0.15, -0.1) is 6.58 Å². The molecule has 0 unspecified atom stereocenters. The van der Waals surface area contributed by atoms with Crippen LogP contribution in [0.1, 0.15) is 0 Å². The fraction of sp³-hybridized carbons (Fsp3) is 0. The zero-order valence-corrected chi connectivity index (χ0v) is 4.95. The van der Waals surface area contributed by atoms with E-state index in [4.69, 9.17) is 5.11 Å². The third kappa shape index (κ3) is 87.1. The Labute approximate surface area is 53.6 Å². The minimum absolute atomic E-state index is 0. The van der Waals surface area contributed by atoms with E-state index in [9.17, 15) is 0 Å². The Morgan fingerprint density at radius 3 is 1.60 bits per heavy atom. The van der Waals surface area contributed by atoms with Gasteiger partial charge in [0.1, 0.15) is 0 Å². The van der Waals surface area contributed by atoms with Gasteiger partial charge in [0.25, 0.3) is 0 Å². The summed E-state index contributed by atoms with van der Waals surface area (Å²) in [4.78, 5) is 0. The molecule has 0 radical (unpaired) electrons. The monoisotopic (exact) mass is 102 g/mol. The summed E-state index contributed by atoms with van der Waals surface area (Å²) in [6, 6.07) is 0. The van der Waals surface area contributed by atoms with E-state index in [-0.39, 0.29) is 35.5 Å². The summed E-state index contributed by atoms with van der Waals surface area (Å²) in [5.41, 5.74) is 0. The van der Waals surface area contributed by atoms with Crippen LogP contribution in [0.15, 0.2) is 12.8 Å².